The molecular formula is C26H21F5N4O2. The molecule has 1 aromatic heterocycles. The molecule has 1 aliphatic rings. The van der Waals surface area contributed by atoms with Gasteiger partial charge in [-0.05, 0) is 36.8 Å². The van der Waals surface area contributed by atoms with Crippen molar-refractivity contribution in [3.8, 4) is 12.3 Å². The van der Waals surface area contributed by atoms with Crippen LogP contribution in [-0.2, 0) is 25.7 Å². The van der Waals surface area contributed by atoms with Crippen molar-refractivity contribution in [1.29, 1.82) is 0 Å². The highest BCUT2D eigenvalue weighted by molar-refractivity contribution is 5.94. The Hall–Kier alpha value is -4.20. The highest BCUT2D eigenvalue weighted by Crippen LogP contribution is 2.30. The maximum absolute atomic E-state index is 14.1. The zero-order valence-electron chi connectivity index (χ0n) is 19.6. The third-order valence-electron chi connectivity index (χ3n) is 6.11. The van der Waals surface area contributed by atoms with E-state index in [1.807, 2.05) is 0 Å². The summed E-state index contributed by atoms with van der Waals surface area (Å²) in [5.74, 6) is -0.414. The minimum Gasteiger partial charge on any atom is -0.349 e. The first-order valence-electron chi connectivity index (χ1n) is 11.2. The van der Waals surface area contributed by atoms with E-state index in [0.29, 0.717) is 11.3 Å². The Balaban J connectivity index is 1.62. The van der Waals surface area contributed by atoms with Crippen LogP contribution in [0.1, 0.15) is 45.7 Å². The van der Waals surface area contributed by atoms with Gasteiger partial charge in [-0.15, -0.1) is 6.42 Å². The number of carbonyl (C=O) groups excluding carboxylic acids is 1. The quantitative estimate of drug-likeness (QED) is 0.400. The molecule has 4 rings (SSSR count). The summed E-state index contributed by atoms with van der Waals surface area (Å²) in [4.78, 5) is 31.8. The molecule has 0 radical (unpaired) electrons. The van der Waals surface area contributed by atoms with Gasteiger partial charge in [0.05, 0.1) is 36.0 Å². The van der Waals surface area contributed by atoms with Crippen LogP contribution in [0.4, 0.5) is 27.9 Å². The molecule has 0 bridgehead atoms. The molecular weight excluding hydrogens is 495 g/mol. The Kier molecular flexibility index (Phi) is 7.03. The largest absolute Gasteiger partial charge is 0.416 e. The molecule has 1 N–H and O–H groups in total. The Labute approximate surface area is 208 Å². The van der Waals surface area contributed by atoms with Crippen LogP contribution in [0, 0.1) is 24.0 Å². The summed E-state index contributed by atoms with van der Waals surface area (Å²) < 4.78 is 68.1. The number of aromatic nitrogens is 2. The van der Waals surface area contributed by atoms with E-state index in [1.54, 1.807) is 6.92 Å². The second-order valence-corrected chi connectivity index (χ2v) is 8.52. The van der Waals surface area contributed by atoms with E-state index in [0.717, 1.165) is 30.3 Å². The monoisotopic (exact) mass is 516 g/mol. The van der Waals surface area contributed by atoms with Crippen molar-refractivity contribution in [1.82, 2.24) is 14.5 Å². The topological polar surface area (TPSA) is 67.2 Å². The van der Waals surface area contributed by atoms with Crippen molar-refractivity contribution >= 4 is 11.9 Å². The molecule has 192 valence electrons. The van der Waals surface area contributed by atoms with Crippen LogP contribution in [0.25, 0.3) is 0 Å². The SMILES string of the molecule is C#CCn1c(N[C@@H](C)c2ccc(C(F)(F)F)cc2)nc2c(c1=O)CN(C(=O)c1c(F)cccc1F)CC2. The van der Waals surface area contributed by atoms with Gasteiger partial charge in [0.2, 0.25) is 5.95 Å². The molecule has 2 aromatic carbocycles. The average molecular weight is 516 g/mol. The number of fused-ring (bicyclic) bond motifs is 1. The number of alkyl halides is 3. The molecule has 3 aromatic rings. The first-order chi connectivity index (χ1) is 17.5. The smallest absolute Gasteiger partial charge is 0.349 e. The van der Waals surface area contributed by atoms with Crippen molar-refractivity contribution in [3.63, 3.8) is 0 Å². The molecule has 6 nitrogen and oxygen atoms in total. The molecule has 0 saturated heterocycles. The Bertz CT molecular complexity index is 1420. The zero-order valence-corrected chi connectivity index (χ0v) is 19.6. The lowest BCUT2D eigenvalue weighted by molar-refractivity contribution is -0.137. The first kappa shape index (κ1) is 25.9. The summed E-state index contributed by atoms with van der Waals surface area (Å²) in [7, 11) is 0. The van der Waals surface area contributed by atoms with Gasteiger partial charge < -0.3 is 10.2 Å². The number of nitrogens with one attached hydrogen (secondary N) is 1. The normalized spacial score (nSPS) is 14.0. The van der Waals surface area contributed by atoms with Crippen LogP contribution >= 0.6 is 0 Å². The Morgan fingerprint density at radius 2 is 1.81 bits per heavy atom. The van der Waals surface area contributed by atoms with E-state index >= 15 is 0 Å². The number of benzene rings is 2. The Morgan fingerprint density at radius 3 is 2.41 bits per heavy atom. The van der Waals surface area contributed by atoms with Crippen molar-refractivity contribution in [2.24, 2.45) is 0 Å². The third kappa shape index (κ3) is 5.18. The summed E-state index contributed by atoms with van der Waals surface area (Å²) >= 11 is 0. The maximum Gasteiger partial charge on any atom is 0.416 e. The minimum absolute atomic E-state index is 0.0685. The third-order valence-corrected chi connectivity index (χ3v) is 6.11. The van der Waals surface area contributed by atoms with Gasteiger partial charge in [0.1, 0.15) is 17.2 Å². The molecule has 1 aliphatic heterocycles. The molecule has 0 spiro atoms. The number of terminal acetylenes is 1. The van der Waals surface area contributed by atoms with Crippen molar-refractivity contribution < 1.29 is 26.7 Å². The van der Waals surface area contributed by atoms with Gasteiger partial charge in [-0.2, -0.15) is 13.2 Å². The number of carbonyl (C=O) groups is 1. The summed E-state index contributed by atoms with van der Waals surface area (Å²) in [6.07, 6.45) is 1.12. The number of hydrogen-bond acceptors (Lipinski definition) is 4. The van der Waals surface area contributed by atoms with Gasteiger partial charge in [0.15, 0.2) is 0 Å². The Morgan fingerprint density at radius 1 is 1.16 bits per heavy atom. The number of rotatable bonds is 5. The van der Waals surface area contributed by atoms with Crippen LogP contribution in [0.5, 0.6) is 0 Å². The molecule has 0 unspecified atom stereocenters. The highest BCUT2D eigenvalue weighted by Gasteiger charge is 2.31. The van der Waals surface area contributed by atoms with E-state index in [4.69, 9.17) is 6.42 Å². The van der Waals surface area contributed by atoms with Gasteiger partial charge in [-0.25, -0.2) is 13.8 Å². The highest BCUT2D eigenvalue weighted by atomic mass is 19.4. The van der Waals surface area contributed by atoms with Crippen molar-refractivity contribution in [3.05, 3.63) is 92.4 Å². The predicted octanol–water partition coefficient (Wildman–Crippen LogP) is 4.55. The minimum atomic E-state index is -4.46. The fraction of sp³-hybridized carbons (Fsp3) is 0.269. The van der Waals surface area contributed by atoms with Crippen LogP contribution in [-0.4, -0.2) is 26.9 Å². The molecule has 11 heteroatoms. The van der Waals surface area contributed by atoms with Gasteiger partial charge in [-0.1, -0.05) is 24.1 Å². The van der Waals surface area contributed by atoms with E-state index in [1.165, 1.54) is 21.6 Å². The van der Waals surface area contributed by atoms with E-state index in [-0.39, 0.29) is 37.6 Å². The van der Waals surface area contributed by atoms with Crippen LogP contribution in [0.3, 0.4) is 0 Å². The number of hydrogen-bond donors (Lipinski definition) is 1. The van der Waals surface area contributed by atoms with Gasteiger partial charge in [0.25, 0.3) is 11.5 Å². The average Bonchev–Trinajstić information content (AvgIpc) is 2.85. The molecule has 0 fully saturated rings. The summed E-state index contributed by atoms with van der Waals surface area (Å²) in [6, 6.07) is 7.16. The maximum atomic E-state index is 14.1. The van der Waals surface area contributed by atoms with Gasteiger partial charge >= 0.3 is 6.18 Å². The number of halogens is 5. The second kappa shape index (κ2) is 10.0. The number of anilines is 1. The van der Waals surface area contributed by atoms with Crippen LogP contribution < -0.4 is 10.9 Å². The van der Waals surface area contributed by atoms with Crippen LogP contribution in [0.2, 0.25) is 0 Å². The predicted molar refractivity (Wildman–Crippen MR) is 126 cm³/mol. The molecule has 37 heavy (non-hydrogen) atoms. The van der Waals surface area contributed by atoms with E-state index < -0.39 is 46.4 Å². The zero-order chi connectivity index (χ0) is 26.9. The van der Waals surface area contributed by atoms with Crippen LogP contribution in [0.15, 0.2) is 47.3 Å². The summed E-state index contributed by atoms with van der Waals surface area (Å²) in [5.41, 5.74) is -0.939. The molecule has 1 atom stereocenters. The van der Waals surface area contributed by atoms with Crippen molar-refractivity contribution in [2.75, 3.05) is 11.9 Å². The van der Waals surface area contributed by atoms with E-state index in [9.17, 15) is 31.5 Å². The molecule has 2 heterocycles. The standard InChI is InChI=1S/C26H21F5N4O2/c1-3-12-35-23(36)18-14-34(24(37)22-19(27)5-4-6-20(22)28)13-11-21(18)33-25(35)32-15(2)16-7-9-17(10-8-16)26(29,30)31/h1,4-10,15H,11-14H2,2H3,(H,32,33)/t15-/m0/s1. The lowest BCUT2D eigenvalue weighted by atomic mass is 10.0. The second-order valence-electron chi connectivity index (χ2n) is 8.52. The number of nitrogens with zero attached hydrogens (tertiary/aromatic N) is 3. The lowest BCUT2D eigenvalue weighted by Crippen LogP contribution is -2.42. The fourth-order valence-electron chi connectivity index (χ4n) is 4.13. The summed E-state index contributed by atoms with van der Waals surface area (Å²) in [6.45, 7) is 1.38. The van der Waals surface area contributed by atoms with E-state index in [2.05, 4.69) is 16.2 Å². The number of amides is 1. The molecule has 0 saturated carbocycles. The molecule has 0 aliphatic carbocycles. The molecule has 1 amide bonds. The van der Waals surface area contributed by atoms with Crippen molar-refractivity contribution in [2.45, 2.75) is 38.7 Å². The fourth-order valence-corrected chi connectivity index (χ4v) is 4.13. The summed E-state index contributed by atoms with van der Waals surface area (Å²) in [5, 5.41) is 3.03. The van der Waals surface area contributed by atoms with Gasteiger partial charge in [-0.3, -0.25) is 14.2 Å². The lowest BCUT2D eigenvalue weighted by Gasteiger charge is -2.29. The first-order valence-corrected chi connectivity index (χ1v) is 11.2. The van der Waals surface area contributed by atoms with Gasteiger partial charge in [0, 0.05) is 13.0 Å².